The van der Waals surface area contributed by atoms with Crippen LogP contribution in [0.5, 0.6) is 0 Å². The van der Waals surface area contributed by atoms with Crippen molar-refractivity contribution in [1.82, 2.24) is 5.32 Å². The minimum Gasteiger partial charge on any atom is -0.402 e. The minimum absolute atomic E-state index is 0.0445. The van der Waals surface area contributed by atoms with Gasteiger partial charge in [-0.2, -0.15) is 0 Å². The molecular formula is C14H18N2O2. The Labute approximate surface area is 107 Å². The van der Waals surface area contributed by atoms with Crippen molar-refractivity contribution in [2.45, 2.75) is 20.3 Å². The fourth-order valence-corrected chi connectivity index (χ4v) is 1.67. The van der Waals surface area contributed by atoms with Gasteiger partial charge in [0, 0.05) is 12.2 Å². The number of nitrogens with one attached hydrogen (secondary N) is 1. The van der Waals surface area contributed by atoms with Crippen LogP contribution in [-0.4, -0.2) is 18.2 Å². The molecule has 1 rings (SSSR count). The normalized spacial score (nSPS) is 11.7. The maximum absolute atomic E-state index is 11.7. The molecule has 96 valence electrons. The first-order valence-electron chi connectivity index (χ1n) is 5.81. The van der Waals surface area contributed by atoms with Crippen LogP contribution in [-0.2, 0) is 16.0 Å². The molecule has 0 aliphatic carbocycles. The highest BCUT2D eigenvalue weighted by atomic mass is 16.2. The Morgan fingerprint density at radius 3 is 2.28 bits per heavy atom. The van der Waals surface area contributed by atoms with Crippen LogP contribution >= 0.6 is 0 Å². The Kier molecular flexibility index (Phi) is 5.11. The second-order valence-corrected chi connectivity index (χ2v) is 4.11. The van der Waals surface area contributed by atoms with E-state index in [1.54, 1.807) is 6.92 Å². The highest BCUT2D eigenvalue weighted by molar-refractivity contribution is 6.18. The molecule has 0 saturated carbocycles. The Bertz CT molecular complexity index is 460. The van der Waals surface area contributed by atoms with Gasteiger partial charge in [-0.15, -0.1) is 0 Å². The van der Waals surface area contributed by atoms with Gasteiger partial charge in [0.25, 0.3) is 5.91 Å². The van der Waals surface area contributed by atoms with Crippen molar-refractivity contribution >= 4 is 11.7 Å². The molecule has 18 heavy (non-hydrogen) atoms. The average Bonchev–Trinajstić information content (AvgIpc) is 2.29. The molecule has 3 N–H and O–H groups in total. The van der Waals surface area contributed by atoms with E-state index in [0.29, 0.717) is 6.54 Å². The SMILES string of the molecule is CC(=O)/C(C(=O)NCCc1ccccc1)=C(\C)N. The highest BCUT2D eigenvalue weighted by Gasteiger charge is 2.15. The van der Waals surface area contributed by atoms with Gasteiger partial charge in [-0.1, -0.05) is 30.3 Å². The average molecular weight is 246 g/mol. The van der Waals surface area contributed by atoms with Gasteiger partial charge < -0.3 is 11.1 Å². The van der Waals surface area contributed by atoms with Gasteiger partial charge in [-0.25, -0.2) is 0 Å². The lowest BCUT2D eigenvalue weighted by Crippen LogP contribution is -2.31. The summed E-state index contributed by atoms with van der Waals surface area (Å²) in [6.45, 7) is 3.36. The molecule has 1 amide bonds. The number of rotatable bonds is 5. The second kappa shape index (κ2) is 6.59. The molecule has 0 radical (unpaired) electrons. The van der Waals surface area contributed by atoms with Crippen LogP contribution in [0.2, 0.25) is 0 Å². The number of amides is 1. The zero-order valence-electron chi connectivity index (χ0n) is 10.7. The summed E-state index contributed by atoms with van der Waals surface area (Å²) in [6.07, 6.45) is 0.724. The van der Waals surface area contributed by atoms with Gasteiger partial charge >= 0.3 is 0 Å². The largest absolute Gasteiger partial charge is 0.402 e. The third-order valence-electron chi connectivity index (χ3n) is 2.52. The predicted molar refractivity (Wildman–Crippen MR) is 70.7 cm³/mol. The van der Waals surface area contributed by atoms with E-state index in [2.05, 4.69) is 5.32 Å². The van der Waals surface area contributed by atoms with Gasteiger partial charge in [-0.05, 0) is 25.8 Å². The lowest BCUT2D eigenvalue weighted by molar-refractivity contribution is -0.121. The number of hydrogen-bond donors (Lipinski definition) is 2. The quantitative estimate of drug-likeness (QED) is 0.465. The molecule has 0 spiro atoms. The fourth-order valence-electron chi connectivity index (χ4n) is 1.67. The van der Waals surface area contributed by atoms with Crippen molar-refractivity contribution in [3.63, 3.8) is 0 Å². The van der Waals surface area contributed by atoms with E-state index >= 15 is 0 Å². The maximum Gasteiger partial charge on any atom is 0.256 e. The van der Waals surface area contributed by atoms with Crippen LogP contribution in [0, 0.1) is 0 Å². The van der Waals surface area contributed by atoms with Crippen LogP contribution in [0.25, 0.3) is 0 Å². The van der Waals surface area contributed by atoms with E-state index in [4.69, 9.17) is 5.73 Å². The molecule has 0 saturated heterocycles. The number of nitrogens with two attached hydrogens (primary N) is 1. The fraction of sp³-hybridized carbons (Fsp3) is 0.286. The van der Waals surface area contributed by atoms with E-state index in [1.807, 2.05) is 30.3 Å². The summed E-state index contributed by atoms with van der Waals surface area (Å²) in [7, 11) is 0. The van der Waals surface area contributed by atoms with Gasteiger partial charge in [0.2, 0.25) is 0 Å². The van der Waals surface area contributed by atoms with Gasteiger partial charge in [-0.3, -0.25) is 9.59 Å². The molecule has 0 aliphatic heterocycles. The van der Waals surface area contributed by atoms with Crippen LogP contribution in [0.15, 0.2) is 41.6 Å². The second-order valence-electron chi connectivity index (χ2n) is 4.11. The van der Waals surface area contributed by atoms with Crippen molar-refractivity contribution in [3.8, 4) is 0 Å². The maximum atomic E-state index is 11.7. The molecule has 0 bridgehead atoms. The number of benzene rings is 1. The number of ketones is 1. The highest BCUT2D eigenvalue weighted by Crippen LogP contribution is 2.02. The first-order valence-corrected chi connectivity index (χ1v) is 5.81. The summed E-state index contributed by atoms with van der Waals surface area (Å²) in [4.78, 5) is 23.0. The summed E-state index contributed by atoms with van der Waals surface area (Å²) in [5, 5.41) is 2.70. The zero-order valence-corrected chi connectivity index (χ0v) is 10.7. The standard InChI is InChI=1S/C14H18N2O2/c1-10(15)13(11(2)17)14(18)16-9-8-12-6-4-3-5-7-12/h3-7H,8-9,15H2,1-2H3,(H,16,18)/b13-10-. The molecule has 0 unspecified atom stereocenters. The number of allylic oxidation sites excluding steroid dienone is 1. The van der Waals surface area contributed by atoms with Crippen LogP contribution in [0.4, 0.5) is 0 Å². The minimum atomic E-state index is -0.404. The molecule has 0 heterocycles. The Morgan fingerprint density at radius 1 is 1.17 bits per heavy atom. The van der Waals surface area contributed by atoms with E-state index in [-0.39, 0.29) is 17.1 Å². The molecular weight excluding hydrogens is 228 g/mol. The predicted octanol–water partition coefficient (Wildman–Crippen LogP) is 1.17. The van der Waals surface area contributed by atoms with Gasteiger partial charge in [0.15, 0.2) is 5.78 Å². The van der Waals surface area contributed by atoms with Crippen LogP contribution in [0.1, 0.15) is 19.4 Å². The third kappa shape index (κ3) is 4.05. The Hall–Kier alpha value is -2.10. The molecule has 0 fully saturated rings. The third-order valence-corrected chi connectivity index (χ3v) is 2.52. The number of carbonyl (C=O) groups excluding carboxylic acids is 2. The van der Waals surface area contributed by atoms with Crippen molar-refractivity contribution < 1.29 is 9.59 Å². The van der Waals surface area contributed by atoms with Crippen molar-refractivity contribution in [3.05, 3.63) is 47.2 Å². The summed E-state index contributed by atoms with van der Waals surface area (Å²) in [5.74, 6) is -0.717. The summed E-state index contributed by atoms with van der Waals surface area (Å²) < 4.78 is 0. The van der Waals surface area contributed by atoms with E-state index in [9.17, 15) is 9.59 Å². The Balaban J connectivity index is 2.52. The number of Topliss-reactive ketones (excluding diaryl/α,β-unsaturated/α-hetero) is 1. The number of hydrogen-bond acceptors (Lipinski definition) is 3. The van der Waals surface area contributed by atoms with Crippen molar-refractivity contribution in [2.75, 3.05) is 6.54 Å². The molecule has 0 aliphatic rings. The summed E-state index contributed by atoms with van der Waals surface area (Å²) >= 11 is 0. The summed E-state index contributed by atoms with van der Waals surface area (Å²) in [6, 6.07) is 9.81. The van der Waals surface area contributed by atoms with E-state index in [0.717, 1.165) is 12.0 Å². The molecule has 4 nitrogen and oxygen atoms in total. The molecule has 4 heteroatoms. The van der Waals surface area contributed by atoms with Gasteiger partial charge in [0.1, 0.15) is 5.57 Å². The lowest BCUT2D eigenvalue weighted by atomic mass is 10.1. The number of carbonyl (C=O) groups is 2. The van der Waals surface area contributed by atoms with E-state index < -0.39 is 5.91 Å². The van der Waals surface area contributed by atoms with Crippen molar-refractivity contribution in [1.29, 1.82) is 0 Å². The van der Waals surface area contributed by atoms with Crippen molar-refractivity contribution in [2.24, 2.45) is 5.73 Å². The van der Waals surface area contributed by atoms with Crippen LogP contribution < -0.4 is 11.1 Å². The lowest BCUT2D eigenvalue weighted by Gasteiger charge is -2.08. The van der Waals surface area contributed by atoms with Gasteiger partial charge in [0.05, 0.1) is 0 Å². The van der Waals surface area contributed by atoms with Crippen LogP contribution in [0.3, 0.4) is 0 Å². The molecule has 0 aromatic heterocycles. The molecule has 0 atom stereocenters. The van der Waals surface area contributed by atoms with E-state index in [1.165, 1.54) is 6.92 Å². The molecule has 1 aromatic carbocycles. The smallest absolute Gasteiger partial charge is 0.256 e. The zero-order chi connectivity index (χ0) is 13.5. The monoisotopic (exact) mass is 246 g/mol. The molecule has 1 aromatic rings. The Morgan fingerprint density at radius 2 is 1.78 bits per heavy atom. The first-order chi connectivity index (χ1) is 8.52. The summed E-state index contributed by atoms with van der Waals surface area (Å²) in [5.41, 5.74) is 6.95. The first kappa shape index (κ1) is 14.0. The topological polar surface area (TPSA) is 72.2 Å².